The van der Waals surface area contributed by atoms with Gasteiger partial charge in [-0.1, -0.05) is 42.1 Å². The molecule has 1 aliphatic heterocycles. The number of likely N-dealkylation sites (tertiary alicyclic amines) is 1. The van der Waals surface area contributed by atoms with Gasteiger partial charge in [0.25, 0.3) is 5.56 Å². The average molecular weight is 386 g/mol. The highest BCUT2D eigenvalue weighted by molar-refractivity contribution is 8.00. The Morgan fingerprint density at radius 1 is 1.19 bits per heavy atom. The van der Waals surface area contributed by atoms with Crippen molar-refractivity contribution in [2.24, 2.45) is 7.05 Å². The van der Waals surface area contributed by atoms with Crippen LogP contribution in [0.5, 0.6) is 0 Å². The van der Waals surface area contributed by atoms with E-state index in [0.717, 1.165) is 36.3 Å². The Bertz CT molecular complexity index is 991. The van der Waals surface area contributed by atoms with E-state index >= 15 is 0 Å². The molecule has 1 amide bonds. The van der Waals surface area contributed by atoms with Crippen LogP contribution in [0.2, 0.25) is 0 Å². The van der Waals surface area contributed by atoms with Crippen molar-refractivity contribution in [3.8, 4) is 0 Å². The number of benzene rings is 1. The lowest BCUT2D eigenvalue weighted by Crippen LogP contribution is -2.32. The van der Waals surface area contributed by atoms with Crippen LogP contribution in [-0.4, -0.2) is 33.4 Å². The van der Waals surface area contributed by atoms with Gasteiger partial charge in [-0.3, -0.25) is 14.2 Å². The molecule has 5 nitrogen and oxygen atoms in total. The monoisotopic (exact) mass is 385 g/mol. The standard InChI is InChI=1S/C19H19N3O2S2/c1-21-17(23)14-9-12-25-16(14)20-19(21)26-15(13-7-3-2-4-8-13)18(24)22-10-5-6-11-22/h2-4,7-9,12,15H,5-6,10-11H2,1H3. The molecule has 0 saturated carbocycles. The van der Waals surface area contributed by atoms with Crippen LogP contribution in [0.3, 0.4) is 0 Å². The number of rotatable bonds is 4. The smallest absolute Gasteiger partial charge is 0.262 e. The zero-order chi connectivity index (χ0) is 18.1. The van der Waals surface area contributed by atoms with Crippen molar-refractivity contribution in [1.29, 1.82) is 0 Å². The van der Waals surface area contributed by atoms with Gasteiger partial charge in [0.05, 0.1) is 5.39 Å². The third-order valence-electron chi connectivity index (χ3n) is 4.63. The molecule has 4 rings (SSSR count). The summed E-state index contributed by atoms with van der Waals surface area (Å²) in [5, 5.41) is 2.68. The van der Waals surface area contributed by atoms with Crippen LogP contribution in [0, 0.1) is 0 Å². The van der Waals surface area contributed by atoms with E-state index in [2.05, 4.69) is 4.98 Å². The van der Waals surface area contributed by atoms with Crippen LogP contribution in [-0.2, 0) is 11.8 Å². The zero-order valence-corrected chi connectivity index (χ0v) is 16.1. The number of aromatic nitrogens is 2. The normalized spacial score (nSPS) is 15.5. The van der Waals surface area contributed by atoms with Crippen molar-refractivity contribution < 1.29 is 4.79 Å². The number of thioether (sulfide) groups is 1. The van der Waals surface area contributed by atoms with Gasteiger partial charge in [-0.25, -0.2) is 4.98 Å². The number of hydrogen-bond donors (Lipinski definition) is 0. The molecule has 1 atom stereocenters. The predicted molar refractivity (Wildman–Crippen MR) is 106 cm³/mol. The molecule has 3 heterocycles. The number of carbonyl (C=O) groups excluding carboxylic acids is 1. The van der Waals surface area contributed by atoms with Gasteiger partial charge in [-0.2, -0.15) is 0 Å². The Kier molecular flexibility index (Phi) is 4.82. The van der Waals surface area contributed by atoms with Crippen LogP contribution < -0.4 is 5.56 Å². The lowest BCUT2D eigenvalue weighted by Gasteiger charge is -2.23. The lowest BCUT2D eigenvalue weighted by molar-refractivity contribution is -0.129. The fourth-order valence-corrected chi connectivity index (χ4v) is 5.13. The number of fused-ring (bicyclic) bond motifs is 1. The van der Waals surface area contributed by atoms with E-state index in [1.165, 1.54) is 23.1 Å². The molecule has 1 saturated heterocycles. The van der Waals surface area contributed by atoms with Gasteiger partial charge in [0, 0.05) is 20.1 Å². The molecule has 1 aromatic carbocycles. The van der Waals surface area contributed by atoms with Crippen molar-refractivity contribution in [3.63, 3.8) is 0 Å². The van der Waals surface area contributed by atoms with E-state index in [1.54, 1.807) is 17.7 Å². The van der Waals surface area contributed by atoms with Crippen LogP contribution in [0.25, 0.3) is 10.2 Å². The molecule has 0 bridgehead atoms. The quantitative estimate of drug-likeness (QED) is 0.510. The summed E-state index contributed by atoms with van der Waals surface area (Å²) in [5.41, 5.74) is 0.870. The zero-order valence-electron chi connectivity index (χ0n) is 14.4. The molecule has 26 heavy (non-hydrogen) atoms. The van der Waals surface area contributed by atoms with Crippen molar-refractivity contribution in [2.45, 2.75) is 23.2 Å². The second-order valence-electron chi connectivity index (χ2n) is 6.34. The molecule has 3 aromatic rings. The Labute approximate surface area is 159 Å². The lowest BCUT2D eigenvalue weighted by atomic mass is 10.1. The molecule has 0 aliphatic carbocycles. The summed E-state index contributed by atoms with van der Waals surface area (Å²) >= 11 is 2.81. The van der Waals surface area contributed by atoms with Crippen molar-refractivity contribution >= 4 is 39.2 Å². The highest BCUT2D eigenvalue weighted by Crippen LogP contribution is 2.36. The van der Waals surface area contributed by atoms with Gasteiger partial charge in [-0.05, 0) is 29.9 Å². The molecule has 0 radical (unpaired) electrons. The first-order valence-corrected chi connectivity index (χ1v) is 10.4. The van der Waals surface area contributed by atoms with Gasteiger partial charge in [0.1, 0.15) is 10.1 Å². The number of carbonyl (C=O) groups is 1. The number of hydrogen-bond acceptors (Lipinski definition) is 5. The van der Waals surface area contributed by atoms with Crippen molar-refractivity contribution in [2.75, 3.05) is 13.1 Å². The van der Waals surface area contributed by atoms with Gasteiger partial charge in [-0.15, -0.1) is 11.3 Å². The molecule has 0 spiro atoms. The van der Waals surface area contributed by atoms with E-state index in [9.17, 15) is 9.59 Å². The molecule has 1 aliphatic rings. The van der Waals surface area contributed by atoms with Gasteiger partial charge in [0.15, 0.2) is 5.16 Å². The predicted octanol–water partition coefficient (Wildman–Crippen LogP) is 3.45. The maximum atomic E-state index is 13.2. The van der Waals surface area contributed by atoms with Crippen LogP contribution in [0.1, 0.15) is 23.7 Å². The molecule has 1 unspecified atom stereocenters. The topological polar surface area (TPSA) is 55.2 Å². The first-order valence-electron chi connectivity index (χ1n) is 8.60. The highest BCUT2D eigenvalue weighted by Gasteiger charge is 2.30. The number of thiophene rings is 1. The van der Waals surface area contributed by atoms with Gasteiger partial charge in [0.2, 0.25) is 5.91 Å². The van der Waals surface area contributed by atoms with E-state index in [-0.39, 0.29) is 11.5 Å². The molecule has 1 fully saturated rings. The van der Waals surface area contributed by atoms with E-state index in [4.69, 9.17) is 0 Å². The summed E-state index contributed by atoms with van der Waals surface area (Å²) in [6.07, 6.45) is 2.10. The molecule has 134 valence electrons. The minimum atomic E-state index is -0.398. The Balaban J connectivity index is 1.74. The molecule has 0 N–H and O–H groups in total. The van der Waals surface area contributed by atoms with Gasteiger partial charge < -0.3 is 4.90 Å². The minimum Gasteiger partial charge on any atom is -0.341 e. The van der Waals surface area contributed by atoms with Crippen molar-refractivity contribution in [3.05, 3.63) is 57.7 Å². The molecular weight excluding hydrogens is 366 g/mol. The maximum absolute atomic E-state index is 13.2. The Morgan fingerprint density at radius 3 is 2.65 bits per heavy atom. The molecule has 2 aromatic heterocycles. The largest absolute Gasteiger partial charge is 0.341 e. The fourth-order valence-electron chi connectivity index (χ4n) is 3.18. The maximum Gasteiger partial charge on any atom is 0.262 e. The first kappa shape index (κ1) is 17.3. The second kappa shape index (κ2) is 7.25. The van der Waals surface area contributed by atoms with E-state index in [1.807, 2.05) is 40.6 Å². The molecule has 7 heteroatoms. The fraction of sp³-hybridized carbons (Fsp3) is 0.316. The average Bonchev–Trinajstić information content (AvgIpc) is 3.35. The second-order valence-corrected chi connectivity index (χ2v) is 8.31. The first-order chi connectivity index (χ1) is 12.6. The summed E-state index contributed by atoms with van der Waals surface area (Å²) in [7, 11) is 1.72. The Hall–Kier alpha value is -2.12. The third-order valence-corrected chi connectivity index (χ3v) is 6.72. The molecular formula is C19H19N3O2S2. The van der Waals surface area contributed by atoms with E-state index < -0.39 is 5.25 Å². The highest BCUT2D eigenvalue weighted by atomic mass is 32.2. The van der Waals surface area contributed by atoms with Crippen LogP contribution in [0.15, 0.2) is 51.7 Å². The summed E-state index contributed by atoms with van der Waals surface area (Å²) < 4.78 is 1.55. The number of nitrogens with zero attached hydrogens (tertiary/aromatic N) is 3. The summed E-state index contributed by atoms with van der Waals surface area (Å²) in [4.78, 5) is 33.0. The summed E-state index contributed by atoms with van der Waals surface area (Å²) in [5.74, 6) is 0.0965. The summed E-state index contributed by atoms with van der Waals surface area (Å²) in [6.45, 7) is 1.61. The van der Waals surface area contributed by atoms with Gasteiger partial charge >= 0.3 is 0 Å². The SMILES string of the molecule is Cn1c(SC(C(=O)N2CCCC2)c2ccccc2)nc2sccc2c1=O. The summed E-state index contributed by atoms with van der Waals surface area (Å²) in [6, 6.07) is 11.6. The Morgan fingerprint density at radius 2 is 1.92 bits per heavy atom. The van der Waals surface area contributed by atoms with Crippen LogP contribution >= 0.6 is 23.1 Å². The third kappa shape index (κ3) is 3.17. The minimum absolute atomic E-state index is 0.0702. The van der Waals surface area contributed by atoms with Crippen molar-refractivity contribution in [1.82, 2.24) is 14.5 Å². The van der Waals surface area contributed by atoms with Crippen LogP contribution in [0.4, 0.5) is 0 Å². The van der Waals surface area contributed by atoms with E-state index in [0.29, 0.717) is 10.5 Å². The number of amides is 1.